The zero-order valence-corrected chi connectivity index (χ0v) is 7.72. The summed E-state index contributed by atoms with van der Waals surface area (Å²) in [6, 6.07) is 5.67. The van der Waals surface area contributed by atoms with Crippen LogP contribution in [-0.2, 0) is 10.1 Å². The van der Waals surface area contributed by atoms with E-state index in [0.29, 0.717) is 4.47 Å². The fraction of sp³-hybridized carbons (Fsp3) is 0. The maximum absolute atomic E-state index is 10.4. The van der Waals surface area contributed by atoms with Gasteiger partial charge in [-0.3, -0.25) is 0 Å². The van der Waals surface area contributed by atoms with Crippen molar-refractivity contribution in [2.75, 3.05) is 0 Å². The lowest BCUT2D eigenvalue weighted by molar-refractivity contribution is 0.463. The Morgan fingerprint density at radius 1 is 1.36 bits per heavy atom. The van der Waals surface area contributed by atoms with Crippen LogP contribution in [0.2, 0.25) is 0 Å². The van der Waals surface area contributed by atoms with Crippen molar-refractivity contribution in [2.24, 2.45) is 0 Å². The zero-order valence-electron chi connectivity index (χ0n) is 5.32. The van der Waals surface area contributed by atoms with E-state index >= 15 is 0 Å². The molecule has 5 heteroatoms. The molecule has 0 aliphatic rings. The molecule has 0 radical (unpaired) electrons. The topological polar surface area (TPSA) is 57.2 Å². The monoisotopic (exact) mass is 235 g/mol. The summed E-state index contributed by atoms with van der Waals surface area (Å²) in [6.07, 6.45) is 0. The summed E-state index contributed by atoms with van der Waals surface area (Å²) in [5.74, 6) is 0. The van der Waals surface area contributed by atoms with Crippen molar-refractivity contribution in [2.45, 2.75) is 4.90 Å². The first-order valence-corrected chi connectivity index (χ1v) is 4.92. The van der Waals surface area contributed by atoms with Gasteiger partial charge in [-0.25, -0.2) is 8.42 Å². The van der Waals surface area contributed by atoms with Crippen LogP contribution in [0.15, 0.2) is 33.6 Å². The molecular weight excluding hydrogens is 232 g/mol. The van der Waals surface area contributed by atoms with E-state index in [1.54, 1.807) is 6.07 Å². The van der Waals surface area contributed by atoms with Crippen LogP contribution in [0.4, 0.5) is 0 Å². The molecule has 0 aliphatic carbocycles. The van der Waals surface area contributed by atoms with E-state index in [1.165, 1.54) is 18.2 Å². The second-order valence-electron chi connectivity index (χ2n) is 1.91. The van der Waals surface area contributed by atoms with Gasteiger partial charge < -0.3 is 4.55 Å². The van der Waals surface area contributed by atoms with Crippen LogP contribution in [0.5, 0.6) is 0 Å². The average molecular weight is 236 g/mol. The summed E-state index contributed by atoms with van der Waals surface area (Å²) in [4.78, 5) is -0.216. The van der Waals surface area contributed by atoms with Crippen LogP contribution in [0.1, 0.15) is 0 Å². The van der Waals surface area contributed by atoms with Crippen molar-refractivity contribution in [1.82, 2.24) is 0 Å². The largest absolute Gasteiger partial charge is 0.744 e. The quantitative estimate of drug-likeness (QED) is 0.691. The Morgan fingerprint density at radius 2 is 2.00 bits per heavy atom. The number of hydrogen-bond acceptors (Lipinski definition) is 3. The minimum atomic E-state index is -4.31. The fourth-order valence-electron chi connectivity index (χ4n) is 0.623. The van der Waals surface area contributed by atoms with Crippen molar-refractivity contribution in [3.8, 4) is 0 Å². The fourth-order valence-corrected chi connectivity index (χ4v) is 1.69. The highest BCUT2D eigenvalue weighted by atomic mass is 79.9. The second-order valence-corrected chi connectivity index (χ2v) is 4.21. The Kier molecular flexibility index (Phi) is 2.31. The first-order chi connectivity index (χ1) is 5.00. The lowest BCUT2D eigenvalue weighted by Crippen LogP contribution is -1.97. The van der Waals surface area contributed by atoms with E-state index in [1.807, 2.05) is 0 Å². The van der Waals surface area contributed by atoms with E-state index < -0.39 is 10.1 Å². The van der Waals surface area contributed by atoms with Crippen LogP contribution in [0, 0.1) is 0 Å². The molecule has 0 amide bonds. The van der Waals surface area contributed by atoms with Crippen molar-refractivity contribution >= 4 is 26.0 Å². The summed E-state index contributed by atoms with van der Waals surface area (Å²) < 4.78 is 31.8. The third kappa shape index (κ3) is 2.28. The normalized spacial score (nSPS) is 11.5. The lowest BCUT2D eigenvalue weighted by Gasteiger charge is -2.05. The van der Waals surface area contributed by atoms with Gasteiger partial charge in [0, 0.05) is 4.47 Å². The number of benzene rings is 1. The summed E-state index contributed by atoms with van der Waals surface area (Å²) in [6.45, 7) is 0. The second kappa shape index (κ2) is 2.92. The van der Waals surface area contributed by atoms with Gasteiger partial charge in [0.15, 0.2) is 0 Å². The predicted molar refractivity (Wildman–Crippen MR) is 42.1 cm³/mol. The van der Waals surface area contributed by atoms with E-state index in [0.717, 1.165) is 0 Å². The molecule has 1 aromatic carbocycles. The van der Waals surface area contributed by atoms with Crippen molar-refractivity contribution in [3.63, 3.8) is 0 Å². The Balaban J connectivity index is 3.28. The number of rotatable bonds is 1. The highest BCUT2D eigenvalue weighted by molar-refractivity contribution is 9.10. The summed E-state index contributed by atoms with van der Waals surface area (Å²) in [5, 5.41) is 0. The molecule has 0 aliphatic heterocycles. The summed E-state index contributed by atoms with van der Waals surface area (Å²) in [7, 11) is -4.31. The van der Waals surface area contributed by atoms with E-state index in [2.05, 4.69) is 15.9 Å². The molecule has 0 aromatic heterocycles. The molecule has 1 aromatic rings. The minimum Gasteiger partial charge on any atom is -0.744 e. The SMILES string of the molecule is O=S(=O)([O-])c1cccc(Br)c1. The molecule has 0 unspecified atom stereocenters. The van der Waals surface area contributed by atoms with Crippen molar-refractivity contribution in [1.29, 1.82) is 0 Å². The highest BCUT2D eigenvalue weighted by Crippen LogP contribution is 2.14. The van der Waals surface area contributed by atoms with E-state index in [4.69, 9.17) is 0 Å². The molecule has 0 spiro atoms. The third-order valence-electron chi connectivity index (χ3n) is 1.08. The maximum atomic E-state index is 10.4. The Bertz CT molecular complexity index is 358. The van der Waals surface area contributed by atoms with Gasteiger partial charge in [-0.2, -0.15) is 0 Å². The molecule has 0 N–H and O–H groups in total. The molecule has 3 nitrogen and oxygen atoms in total. The first-order valence-electron chi connectivity index (χ1n) is 2.71. The molecule has 0 heterocycles. The smallest absolute Gasteiger partial charge is 0.124 e. The van der Waals surface area contributed by atoms with Gasteiger partial charge >= 0.3 is 0 Å². The molecule has 11 heavy (non-hydrogen) atoms. The van der Waals surface area contributed by atoms with E-state index in [9.17, 15) is 13.0 Å². The Labute approximate surface area is 72.9 Å². The van der Waals surface area contributed by atoms with Crippen molar-refractivity contribution in [3.05, 3.63) is 28.7 Å². The standard InChI is InChI=1S/C6H5BrO3S/c7-5-2-1-3-6(4-5)11(8,9)10/h1-4H,(H,8,9,10)/p-1. The van der Waals surface area contributed by atoms with Crippen LogP contribution in [0.25, 0.3) is 0 Å². The van der Waals surface area contributed by atoms with Gasteiger partial charge in [0.05, 0.1) is 4.90 Å². The molecular formula is C6H4BrO3S-. The van der Waals surface area contributed by atoms with Crippen LogP contribution < -0.4 is 0 Å². The lowest BCUT2D eigenvalue weighted by atomic mass is 10.4. The summed E-state index contributed by atoms with van der Waals surface area (Å²) in [5.41, 5.74) is 0. The third-order valence-corrected chi connectivity index (χ3v) is 2.41. The molecule has 0 atom stereocenters. The van der Waals surface area contributed by atoms with Gasteiger partial charge in [0.2, 0.25) is 0 Å². The van der Waals surface area contributed by atoms with Crippen molar-refractivity contribution < 1.29 is 13.0 Å². The molecule has 0 fully saturated rings. The van der Waals surface area contributed by atoms with Crippen LogP contribution in [-0.4, -0.2) is 13.0 Å². The molecule has 0 bridgehead atoms. The Hall–Kier alpha value is -0.390. The zero-order chi connectivity index (χ0) is 8.48. The van der Waals surface area contributed by atoms with E-state index in [-0.39, 0.29) is 4.90 Å². The predicted octanol–water partition coefficient (Wildman–Crippen LogP) is 1.35. The number of halogens is 1. The molecule has 0 saturated carbocycles. The average Bonchev–Trinajstić information content (AvgIpc) is 1.86. The maximum Gasteiger partial charge on any atom is 0.124 e. The minimum absolute atomic E-state index is 0.216. The number of hydrogen-bond donors (Lipinski definition) is 0. The van der Waals surface area contributed by atoms with Gasteiger partial charge in [-0.1, -0.05) is 22.0 Å². The Morgan fingerprint density at radius 3 is 2.36 bits per heavy atom. The molecule has 0 saturated heterocycles. The van der Waals surface area contributed by atoms with Gasteiger partial charge in [0.25, 0.3) is 0 Å². The van der Waals surface area contributed by atoms with Gasteiger partial charge in [0.1, 0.15) is 10.1 Å². The highest BCUT2D eigenvalue weighted by Gasteiger charge is 1.99. The summed E-state index contributed by atoms with van der Waals surface area (Å²) >= 11 is 3.05. The first kappa shape index (κ1) is 8.70. The molecule has 60 valence electrons. The van der Waals surface area contributed by atoms with Crippen LogP contribution in [0.3, 0.4) is 0 Å². The van der Waals surface area contributed by atoms with Gasteiger partial charge in [-0.15, -0.1) is 0 Å². The molecule has 1 rings (SSSR count). The van der Waals surface area contributed by atoms with Crippen LogP contribution >= 0.6 is 15.9 Å². The van der Waals surface area contributed by atoms with Gasteiger partial charge in [-0.05, 0) is 18.2 Å².